The molecule has 1 unspecified atom stereocenters. The van der Waals surface area contributed by atoms with E-state index in [4.69, 9.17) is 0 Å². The van der Waals surface area contributed by atoms with E-state index in [1.165, 1.54) is 56.5 Å². The van der Waals surface area contributed by atoms with Gasteiger partial charge < -0.3 is 9.80 Å². The number of carbonyl (C=O) groups excluding carboxylic acids is 1. The van der Waals surface area contributed by atoms with Crippen LogP contribution in [0, 0.1) is 6.92 Å². The molecule has 4 rings (SSSR count). The number of nitrogens with zero attached hydrogens (tertiary/aromatic N) is 4. The van der Waals surface area contributed by atoms with Crippen molar-refractivity contribution in [2.24, 2.45) is 0 Å². The monoisotopic (exact) mass is 398 g/mol. The van der Waals surface area contributed by atoms with Crippen LogP contribution in [0.5, 0.6) is 0 Å². The number of hydrogen-bond acceptors (Lipinski definition) is 5. The molecule has 1 amide bonds. The second-order valence-corrected chi connectivity index (χ2v) is 9.04. The van der Waals surface area contributed by atoms with Gasteiger partial charge in [0.2, 0.25) is 0 Å². The van der Waals surface area contributed by atoms with Gasteiger partial charge in [0.25, 0.3) is 5.91 Å². The first kappa shape index (κ1) is 19.5. The van der Waals surface area contributed by atoms with Crippen LogP contribution in [0.1, 0.15) is 60.3 Å². The number of amides is 1. The van der Waals surface area contributed by atoms with Crippen molar-refractivity contribution in [1.29, 1.82) is 0 Å². The lowest BCUT2D eigenvalue weighted by atomic mass is 10.0. The van der Waals surface area contributed by atoms with Gasteiger partial charge in [0.1, 0.15) is 9.88 Å². The van der Waals surface area contributed by atoms with Crippen molar-refractivity contribution in [2.75, 3.05) is 26.2 Å². The van der Waals surface area contributed by atoms with Crippen molar-refractivity contribution in [2.45, 2.75) is 57.9 Å². The molecular weight excluding hydrogens is 368 g/mol. The molecule has 0 N–H and O–H groups in total. The average Bonchev–Trinajstić information content (AvgIpc) is 2.94. The number of aryl methyl sites for hydroxylation is 1. The minimum absolute atomic E-state index is 0.171. The highest BCUT2D eigenvalue weighted by atomic mass is 32.1. The number of carbonyl (C=O) groups is 1. The lowest BCUT2D eigenvalue weighted by Crippen LogP contribution is -2.49. The van der Waals surface area contributed by atoms with Crippen LogP contribution in [0.15, 0.2) is 24.5 Å². The van der Waals surface area contributed by atoms with Gasteiger partial charge in [-0.1, -0.05) is 12.8 Å². The highest BCUT2D eigenvalue weighted by molar-refractivity contribution is 7.17. The molecule has 0 aromatic carbocycles. The van der Waals surface area contributed by atoms with Gasteiger partial charge in [-0.2, -0.15) is 0 Å². The third-order valence-electron chi connectivity index (χ3n) is 5.95. The molecule has 6 heteroatoms. The largest absolute Gasteiger partial charge is 0.334 e. The first-order valence-electron chi connectivity index (χ1n) is 10.6. The predicted molar refractivity (Wildman–Crippen MR) is 114 cm³/mol. The van der Waals surface area contributed by atoms with E-state index < -0.39 is 0 Å². The molecule has 0 aliphatic carbocycles. The standard InChI is InChI=1S/C22H30N4OS/c1-17-20(28-21(24-17)18-9-8-11-23-15-18)22(27)26-14-7-4-10-19(26)16-25-12-5-2-3-6-13-25/h8-9,11,15,19H,2-7,10,12-14,16H2,1H3. The van der Waals surface area contributed by atoms with Crippen LogP contribution < -0.4 is 0 Å². The van der Waals surface area contributed by atoms with Gasteiger partial charge in [0.15, 0.2) is 0 Å². The van der Waals surface area contributed by atoms with Gasteiger partial charge in [-0.15, -0.1) is 11.3 Å². The highest BCUT2D eigenvalue weighted by Crippen LogP contribution is 2.30. The van der Waals surface area contributed by atoms with Gasteiger partial charge in [-0.3, -0.25) is 9.78 Å². The molecule has 2 aromatic rings. The molecule has 5 nitrogen and oxygen atoms in total. The second kappa shape index (κ2) is 9.14. The third-order valence-corrected chi connectivity index (χ3v) is 7.15. The predicted octanol–water partition coefficient (Wildman–Crippen LogP) is 4.38. The Morgan fingerprint density at radius 3 is 2.68 bits per heavy atom. The molecular formula is C22H30N4OS. The normalized spacial score (nSPS) is 21.5. The Kier molecular flexibility index (Phi) is 6.37. The van der Waals surface area contributed by atoms with Gasteiger partial charge in [-0.05, 0) is 64.3 Å². The van der Waals surface area contributed by atoms with E-state index in [-0.39, 0.29) is 5.91 Å². The Labute approximate surface area is 171 Å². The minimum atomic E-state index is 0.171. The number of piperidine rings is 1. The van der Waals surface area contributed by atoms with E-state index in [1.807, 2.05) is 25.3 Å². The molecule has 2 fully saturated rings. The summed E-state index contributed by atoms with van der Waals surface area (Å²) in [5.74, 6) is 0.171. The maximum atomic E-state index is 13.4. The van der Waals surface area contributed by atoms with Crippen molar-refractivity contribution in [3.05, 3.63) is 35.1 Å². The van der Waals surface area contributed by atoms with Gasteiger partial charge in [0, 0.05) is 37.1 Å². The van der Waals surface area contributed by atoms with Gasteiger partial charge >= 0.3 is 0 Å². The minimum Gasteiger partial charge on any atom is -0.334 e. The lowest BCUT2D eigenvalue weighted by molar-refractivity contribution is 0.0551. The summed E-state index contributed by atoms with van der Waals surface area (Å²) in [6.07, 6.45) is 12.3. The third kappa shape index (κ3) is 4.44. The summed E-state index contributed by atoms with van der Waals surface area (Å²) in [7, 11) is 0. The zero-order chi connectivity index (χ0) is 19.3. The molecule has 28 heavy (non-hydrogen) atoms. The molecule has 0 radical (unpaired) electrons. The van der Waals surface area contributed by atoms with Crippen LogP contribution >= 0.6 is 11.3 Å². The molecule has 1 atom stereocenters. The highest BCUT2D eigenvalue weighted by Gasteiger charge is 2.31. The molecule has 2 saturated heterocycles. The zero-order valence-corrected chi connectivity index (χ0v) is 17.6. The van der Waals surface area contributed by atoms with Crippen molar-refractivity contribution in [3.8, 4) is 10.6 Å². The lowest BCUT2D eigenvalue weighted by Gasteiger charge is -2.38. The van der Waals surface area contributed by atoms with Crippen LogP contribution in [0.4, 0.5) is 0 Å². The zero-order valence-electron chi connectivity index (χ0n) is 16.8. The topological polar surface area (TPSA) is 49.3 Å². The molecule has 150 valence electrons. The quantitative estimate of drug-likeness (QED) is 0.767. The van der Waals surface area contributed by atoms with Crippen LogP contribution in [-0.2, 0) is 0 Å². The Morgan fingerprint density at radius 2 is 1.93 bits per heavy atom. The van der Waals surface area contributed by atoms with Gasteiger partial charge in [-0.25, -0.2) is 4.98 Å². The fourth-order valence-electron chi connectivity index (χ4n) is 4.41. The van der Waals surface area contributed by atoms with Crippen molar-refractivity contribution < 1.29 is 4.79 Å². The van der Waals surface area contributed by atoms with Crippen LogP contribution in [0.2, 0.25) is 0 Å². The second-order valence-electron chi connectivity index (χ2n) is 8.04. The Morgan fingerprint density at radius 1 is 1.14 bits per heavy atom. The van der Waals surface area contributed by atoms with Crippen LogP contribution in [0.25, 0.3) is 10.6 Å². The SMILES string of the molecule is Cc1nc(-c2cccnc2)sc1C(=O)N1CCCCC1CN1CCCCCC1. The number of thiazole rings is 1. The smallest absolute Gasteiger partial charge is 0.266 e. The summed E-state index contributed by atoms with van der Waals surface area (Å²) >= 11 is 1.51. The van der Waals surface area contributed by atoms with Crippen molar-refractivity contribution in [3.63, 3.8) is 0 Å². The number of aromatic nitrogens is 2. The van der Waals surface area contributed by atoms with E-state index in [2.05, 4.69) is 19.8 Å². The Balaban J connectivity index is 1.51. The summed E-state index contributed by atoms with van der Waals surface area (Å²) in [5.41, 5.74) is 1.82. The summed E-state index contributed by atoms with van der Waals surface area (Å²) in [4.78, 5) is 27.8. The molecule has 0 saturated carbocycles. The maximum Gasteiger partial charge on any atom is 0.266 e. The van der Waals surface area contributed by atoms with E-state index in [1.54, 1.807) is 6.20 Å². The van der Waals surface area contributed by atoms with E-state index in [9.17, 15) is 4.79 Å². The van der Waals surface area contributed by atoms with Crippen LogP contribution in [0.3, 0.4) is 0 Å². The molecule has 2 aliphatic rings. The van der Waals surface area contributed by atoms with Crippen LogP contribution in [-0.4, -0.2) is 57.9 Å². The first-order chi connectivity index (χ1) is 13.7. The Bertz CT molecular complexity index is 783. The first-order valence-corrected chi connectivity index (χ1v) is 11.4. The molecule has 0 bridgehead atoms. The summed E-state index contributed by atoms with van der Waals surface area (Å²) < 4.78 is 0. The molecule has 4 heterocycles. The number of hydrogen-bond donors (Lipinski definition) is 0. The summed E-state index contributed by atoms with van der Waals surface area (Å²) in [6, 6.07) is 4.25. The number of rotatable bonds is 4. The molecule has 2 aliphatic heterocycles. The molecule has 2 aromatic heterocycles. The van der Waals surface area contributed by atoms with E-state index >= 15 is 0 Å². The fraction of sp³-hybridized carbons (Fsp3) is 0.591. The van der Waals surface area contributed by atoms with E-state index in [0.717, 1.165) is 47.1 Å². The van der Waals surface area contributed by atoms with Gasteiger partial charge in [0.05, 0.1) is 5.69 Å². The summed E-state index contributed by atoms with van der Waals surface area (Å²) in [6.45, 7) is 6.22. The fourth-order valence-corrected chi connectivity index (χ4v) is 5.42. The van der Waals surface area contributed by atoms with Crippen molar-refractivity contribution in [1.82, 2.24) is 19.8 Å². The molecule has 0 spiro atoms. The summed E-state index contributed by atoms with van der Waals surface area (Å²) in [5, 5.41) is 0.884. The van der Waals surface area contributed by atoms with E-state index in [0.29, 0.717) is 6.04 Å². The average molecular weight is 399 g/mol. The number of likely N-dealkylation sites (tertiary alicyclic amines) is 2. The Hall–Kier alpha value is -1.79. The number of pyridine rings is 1. The van der Waals surface area contributed by atoms with Crippen molar-refractivity contribution >= 4 is 17.2 Å². The maximum absolute atomic E-state index is 13.4.